The van der Waals surface area contributed by atoms with E-state index in [4.69, 9.17) is 24.7 Å². The zero-order valence-electron chi connectivity index (χ0n) is 13.1. The van der Waals surface area contributed by atoms with Crippen LogP contribution in [0.15, 0.2) is 0 Å². The maximum Gasteiger partial charge on any atom is 0.233 e. The van der Waals surface area contributed by atoms with E-state index in [0.29, 0.717) is 13.2 Å². The van der Waals surface area contributed by atoms with Crippen molar-refractivity contribution in [2.75, 3.05) is 19.8 Å². The Balaban J connectivity index is 1.87. The topological polar surface area (TPSA) is 57.2 Å². The Morgan fingerprint density at radius 1 is 0.714 bits per heavy atom. The molecule has 124 valence electrons. The molecule has 0 aromatic heterocycles. The average molecular weight is 302 g/mol. The van der Waals surface area contributed by atoms with Gasteiger partial charge in [-0.1, -0.05) is 44.9 Å². The van der Waals surface area contributed by atoms with E-state index in [0.717, 1.165) is 25.7 Å². The van der Waals surface area contributed by atoms with Crippen molar-refractivity contribution in [1.82, 2.24) is 0 Å². The molecule has 5 heteroatoms. The van der Waals surface area contributed by atoms with Gasteiger partial charge in [-0.2, -0.15) is 9.78 Å². The second-order valence-electron chi connectivity index (χ2n) is 6.38. The molecule has 2 fully saturated rings. The van der Waals surface area contributed by atoms with E-state index < -0.39 is 5.79 Å². The van der Waals surface area contributed by atoms with Crippen LogP contribution in [-0.4, -0.2) is 30.7 Å². The standard InChI is InChI=1S/C16H30O5/c17-12-15-13-18-20-16(21-19-14-15)10-8-6-4-2-1-3-5-7-9-11-16/h15,17H,1-14H2. The molecule has 0 unspecified atom stereocenters. The van der Waals surface area contributed by atoms with Crippen LogP contribution >= 0.6 is 0 Å². The summed E-state index contributed by atoms with van der Waals surface area (Å²) in [6.07, 6.45) is 12.7. The summed E-state index contributed by atoms with van der Waals surface area (Å²) in [5.41, 5.74) is 0. The Bertz CT molecular complexity index is 240. The van der Waals surface area contributed by atoms with E-state index in [1.165, 1.54) is 44.9 Å². The Morgan fingerprint density at radius 2 is 1.14 bits per heavy atom. The molecule has 0 aromatic rings. The molecule has 2 aliphatic rings. The lowest BCUT2D eigenvalue weighted by Gasteiger charge is -2.34. The highest BCUT2D eigenvalue weighted by molar-refractivity contribution is 4.70. The zero-order valence-corrected chi connectivity index (χ0v) is 13.1. The molecule has 1 saturated heterocycles. The van der Waals surface area contributed by atoms with E-state index in [-0.39, 0.29) is 12.5 Å². The molecule has 0 radical (unpaired) electrons. The van der Waals surface area contributed by atoms with Gasteiger partial charge in [-0.25, -0.2) is 9.78 Å². The Morgan fingerprint density at radius 3 is 1.57 bits per heavy atom. The van der Waals surface area contributed by atoms with Gasteiger partial charge in [-0.05, 0) is 12.8 Å². The molecule has 21 heavy (non-hydrogen) atoms. The third kappa shape index (κ3) is 6.20. The SMILES string of the molecule is OCC1COOC2(CCCCCCCCCCC2)OOC1. The van der Waals surface area contributed by atoms with Crippen molar-refractivity contribution in [1.29, 1.82) is 0 Å². The third-order valence-electron chi connectivity index (χ3n) is 4.40. The molecule has 0 bridgehead atoms. The van der Waals surface area contributed by atoms with Crippen LogP contribution in [0.1, 0.15) is 70.6 Å². The maximum atomic E-state index is 9.15. The molecule has 1 saturated carbocycles. The maximum absolute atomic E-state index is 9.15. The summed E-state index contributed by atoms with van der Waals surface area (Å²) in [6.45, 7) is 0.711. The second-order valence-corrected chi connectivity index (χ2v) is 6.38. The van der Waals surface area contributed by atoms with E-state index in [1.54, 1.807) is 0 Å². The Labute approximate surface area is 127 Å². The minimum Gasteiger partial charge on any atom is -0.396 e. The lowest BCUT2D eigenvalue weighted by Crippen LogP contribution is -2.40. The van der Waals surface area contributed by atoms with Crippen molar-refractivity contribution < 1.29 is 24.7 Å². The van der Waals surface area contributed by atoms with Crippen molar-refractivity contribution in [3.05, 3.63) is 0 Å². The summed E-state index contributed by atoms with van der Waals surface area (Å²) in [5, 5.41) is 9.15. The quantitative estimate of drug-likeness (QED) is 0.751. The van der Waals surface area contributed by atoms with Gasteiger partial charge in [0.1, 0.15) is 0 Å². The summed E-state index contributed by atoms with van der Waals surface area (Å²) in [6, 6.07) is 0. The Kier molecular flexibility index (Phi) is 7.96. The van der Waals surface area contributed by atoms with Crippen LogP contribution in [0.5, 0.6) is 0 Å². The number of aliphatic hydroxyl groups excluding tert-OH is 1. The molecule has 1 heterocycles. The first kappa shape index (κ1) is 17.2. The fourth-order valence-electron chi connectivity index (χ4n) is 2.96. The largest absolute Gasteiger partial charge is 0.396 e. The van der Waals surface area contributed by atoms with Crippen LogP contribution in [0.4, 0.5) is 0 Å². The summed E-state index contributed by atoms with van der Waals surface area (Å²) in [4.78, 5) is 21.8. The first-order valence-corrected chi connectivity index (χ1v) is 8.57. The highest BCUT2D eigenvalue weighted by Gasteiger charge is 2.36. The zero-order chi connectivity index (χ0) is 14.8. The van der Waals surface area contributed by atoms with Crippen molar-refractivity contribution in [3.63, 3.8) is 0 Å². The van der Waals surface area contributed by atoms with Gasteiger partial charge in [0.05, 0.1) is 19.8 Å². The van der Waals surface area contributed by atoms with E-state index in [1.807, 2.05) is 0 Å². The van der Waals surface area contributed by atoms with Crippen LogP contribution in [0, 0.1) is 5.92 Å². The normalized spacial score (nSPS) is 27.3. The smallest absolute Gasteiger partial charge is 0.233 e. The highest BCUT2D eigenvalue weighted by atomic mass is 17.3. The van der Waals surface area contributed by atoms with Crippen LogP contribution < -0.4 is 0 Å². The fraction of sp³-hybridized carbons (Fsp3) is 1.00. The average Bonchev–Trinajstić information content (AvgIpc) is 2.46. The van der Waals surface area contributed by atoms with Crippen LogP contribution in [0.25, 0.3) is 0 Å². The van der Waals surface area contributed by atoms with Crippen molar-refractivity contribution in [2.24, 2.45) is 5.92 Å². The van der Waals surface area contributed by atoms with Crippen molar-refractivity contribution in [2.45, 2.75) is 76.4 Å². The highest BCUT2D eigenvalue weighted by Crippen LogP contribution is 2.31. The first-order chi connectivity index (χ1) is 10.3. The molecule has 0 aromatic carbocycles. The van der Waals surface area contributed by atoms with Gasteiger partial charge in [-0.3, -0.25) is 0 Å². The molecular weight excluding hydrogens is 272 g/mol. The molecule has 5 nitrogen and oxygen atoms in total. The molecule has 0 atom stereocenters. The van der Waals surface area contributed by atoms with E-state index >= 15 is 0 Å². The lowest BCUT2D eigenvalue weighted by molar-refractivity contribution is -0.531. The summed E-state index contributed by atoms with van der Waals surface area (Å²) < 4.78 is 0. The summed E-state index contributed by atoms with van der Waals surface area (Å²) in [7, 11) is 0. The van der Waals surface area contributed by atoms with Crippen molar-refractivity contribution in [3.8, 4) is 0 Å². The lowest BCUT2D eigenvalue weighted by atomic mass is 9.97. The molecule has 1 spiro atoms. The summed E-state index contributed by atoms with van der Waals surface area (Å²) >= 11 is 0. The molecule has 1 aliphatic heterocycles. The third-order valence-corrected chi connectivity index (χ3v) is 4.40. The predicted octanol–water partition coefficient (Wildman–Crippen LogP) is 3.51. The predicted molar refractivity (Wildman–Crippen MR) is 78.2 cm³/mol. The van der Waals surface area contributed by atoms with Gasteiger partial charge in [0.2, 0.25) is 5.79 Å². The second kappa shape index (κ2) is 9.74. The fourth-order valence-corrected chi connectivity index (χ4v) is 2.96. The minimum atomic E-state index is -0.764. The van der Waals surface area contributed by atoms with Gasteiger partial charge >= 0.3 is 0 Å². The van der Waals surface area contributed by atoms with Crippen LogP contribution in [-0.2, 0) is 19.6 Å². The molecule has 2 rings (SSSR count). The molecule has 1 N–H and O–H groups in total. The van der Waals surface area contributed by atoms with Gasteiger partial charge in [-0.15, -0.1) is 0 Å². The number of rotatable bonds is 1. The van der Waals surface area contributed by atoms with E-state index in [9.17, 15) is 0 Å². The van der Waals surface area contributed by atoms with Crippen molar-refractivity contribution >= 4 is 0 Å². The van der Waals surface area contributed by atoms with Crippen LogP contribution in [0.2, 0.25) is 0 Å². The van der Waals surface area contributed by atoms with Gasteiger partial charge in [0, 0.05) is 18.8 Å². The number of aliphatic hydroxyl groups is 1. The van der Waals surface area contributed by atoms with E-state index in [2.05, 4.69) is 0 Å². The molecule has 0 amide bonds. The molecule has 1 aliphatic carbocycles. The first-order valence-electron chi connectivity index (χ1n) is 8.57. The minimum absolute atomic E-state index is 0.0136. The van der Waals surface area contributed by atoms with Gasteiger partial charge in [0.15, 0.2) is 0 Å². The Hall–Kier alpha value is -0.200. The summed E-state index contributed by atoms with van der Waals surface area (Å²) in [5.74, 6) is -0.854. The molecular formula is C16H30O5. The number of hydrogen-bond acceptors (Lipinski definition) is 5. The van der Waals surface area contributed by atoms with Crippen LogP contribution in [0.3, 0.4) is 0 Å². The number of hydrogen-bond donors (Lipinski definition) is 1. The monoisotopic (exact) mass is 302 g/mol. The van der Waals surface area contributed by atoms with Gasteiger partial charge in [0.25, 0.3) is 0 Å². The van der Waals surface area contributed by atoms with Gasteiger partial charge < -0.3 is 5.11 Å².